The quantitative estimate of drug-likeness (QED) is 0.0204. The maximum absolute atomic E-state index is 13.3. The molecule has 0 saturated carbocycles. The van der Waals surface area contributed by atoms with E-state index in [-0.39, 0.29) is 12.5 Å². The Morgan fingerprint density at radius 2 is 0.805 bits per heavy atom. The topological polar surface area (TPSA) is 228 Å². The first kappa shape index (κ1) is 76.3. The lowest BCUT2D eigenvalue weighted by Crippen LogP contribution is -2.65. The van der Waals surface area contributed by atoms with Gasteiger partial charge < -0.3 is 65.1 Å². The Balaban J connectivity index is 1.68. The second kappa shape index (κ2) is 53.4. The Bertz CT molecular complexity index is 1510. The van der Waals surface area contributed by atoms with Crippen LogP contribution >= 0.6 is 0 Å². The van der Waals surface area contributed by atoms with Crippen LogP contribution in [0.2, 0.25) is 0 Å². The fourth-order valence-corrected chi connectivity index (χ4v) is 11.4. The van der Waals surface area contributed by atoms with Crippen LogP contribution in [-0.2, 0) is 23.7 Å². The smallest absolute Gasteiger partial charge is 0.220 e. The number of allylic oxidation sites excluding steroid dienone is 6. The number of hydrogen-bond donors (Lipinski definition) is 9. The van der Waals surface area contributed by atoms with Gasteiger partial charge in [0.25, 0.3) is 0 Å². The van der Waals surface area contributed by atoms with Crippen molar-refractivity contribution < 1.29 is 64.6 Å². The standard InChI is InChI=1S/C68H127NO13/c1-3-5-7-9-11-13-15-17-19-21-23-25-26-27-28-29-30-32-34-36-38-40-42-44-46-48-50-52-60(73)69-56(57(72)51-49-47-45-43-41-39-37-35-33-31-24-22-20-18-16-14-12-10-8-6-4-2)55-79-67-65(78)63(76)66(59(54-71)81-67)82-68-64(77)62(75)61(74)58(53-70)80-68/h15,17,21,23,26-27,56-59,61-68,70-72,74-78H,3-14,16,18-20,22,24-25,28-55H2,1-2H3,(H,69,73)/b17-15-,23-21-,27-26-. The summed E-state index contributed by atoms with van der Waals surface area (Å²) in [6, 6.07) is -0.831. The average Bonchev–Trinajstić information content (AvgIpc) is 3.67. The molecule has 0 aromatic carbocycles. The van der Waals surface area contributed by atoms with Crippen molar-refractivity contribution in [3.63, 3.8) is 0 Å². The number of unbranched alkanes of at least 4 members (excludes halogenated alkanes) is 37. The van der Waals surface area contributed by atoms with Gasteiger partial charge in [0, 0.05) is 6.42 Å². The summed E-state index contributed by atoms with van der Waals surface area (Å²) >= 11 is 0. The summed E-state index contributed by atoms with van der Waals surface area (Å²) in [4.78, 5) is 13.3. The Morgan fingerprint density at radius 1 is 0.439 bits per heavy atom. The van der Waals surface area contributed by atoms with E-state index in [0.717, 1.165) is 64.2 Å². The van der Waals surface area contributed by atoms with Gasteiger partial charge in [0.1, 0.15) is 48.8 Å². The highest BCUT2D eigenvalue weighted by molar-refractivity contribution is 5.76. The molecule has 0 aliphatic carbocycles. The van der Waals surface area contributed by atoms with Crippen molar-refractivity contribution >= 4 is 5.91 Å². The third kappa shape index (κ3) is 37.7. The van der Waals surface area contributed by atoms with Gasteiger partial charge in [-0.1, -0.05) is 275 Å². The molecule has 0 bridgehead atoms. The largest absolute Gasteiger partial charge is 0.394 e. The van der Waals surface area contributed by atoms with Gasteiger partial charge in [-0.3, -0.25) is 4.79 Å². The van der Waals surface area contributed by atoms with Crippen molar-refractivity contribution in [1.82, 2.24) is 5.32 Å². The third-order valence-electron chi connectivity index (χ3n) is 16.9. The van der Waals surface area contributed by atoms with Crippen molar-refractivity contribution in [2.24, 2.45) is 0 Å². The second-order valence-corrected chi connectivity index (χ2v) is 24.3. The Morgan fingerprint density at radius 3 is 1.23 bits per heavy atom. The summed E-state index contributed by atoms with van der Waals surface area (Å²) in [5.74, 6) is -0.205. The Kier molecular flexibility index (Phi) is 49.7. The lowest BCUT2D eigenvalue weighted by molar-refractivity contribution is -0.359. The molecule has 1 amide bonds. The van der Waals surface area contributed by atoms with Crippen molar-refractivity contribution in [2.75, 3.05) is 19.8 Å². The monoisotopic (exact) mass is 1170 g/mol. The Labute approximate surface area is 500 Å². The number of carbonyl (C=O) groups excluding carboxylic acids is 1. The molecule has 2 rings (SSSR count). The van der Waals surface area contributed by atoms with Gasteiger partial charge >= 0.3 is 0 Å². The summed E-state index contributed by atoms with van der Waals surface area (Å²) in [7, 11) is 0. The molecule has 2 fully saturated rings. The van der Waals surface area contributed by atoms with Crippen LogP contribution in [0, 0.1) is 0 Å². The molecule has 0 spiro atoms. The molecule has 12 atom stereocenters. The molecule has 2 aliphatic rings. The van der Waals surface area contributed by atoms with E-state index in [1.807, 2.05) is 0 Å². The van der Waals surface area contributed by atoms with E-state index in [0.29, 0.717) is 12.8 Å². The molecule has 0 aromatic rings. The minimum Gasteiger partial charge on any atom is -0.394 e. The number of ether oxygens (including phenoxy) is 4. The first-order valence-corrected chi connectivity index (χ1v) is 34.2. The average molecular weight is 1170 g/mol. The fourth-order valence-electron chi connectivity index (χ4n) is 11.4. The predicted molar refractivity (Wildman–Crippen MR) is 332 cm³/mol. The van der Waals surface area contributed by atoms with Crippen LogP contribution in [0.4, 0.5) is 0 Å². The fraction of sp³-hybridized carbons (Fsp3) is 0.897. The molecule has 9 N–H and O–H groups in total. The maximum Gasteiger partial charge on any atom is 0.220 e. The van der Waals surface area contributed by atoms with Crippen LogP contribution in [0.3, 0.4) is 0 Å². The molecule has 482 valence electrons. The first-order valence-electron chi connectivity index (χ1n) is 34.2. The van der Waals surface area contributed by atoms with Gasteiger partial charge in [-0.15, -0.1) is 0 Å². The first-order chi connectivity index (χ1) is 40.1. The van der Waals surface area contributed by atoms with Gasteiger partial charge in [0.05, 0.1) is 32.0 Å². The summed E-state index contributed by atoms with van der Waals surface area (Å²) in [6.07, 6.45) is 50.0. The molecule has 14 nitrogen and oxygen atoms in total. The van der Waals surface area contributed by atoms with E-state index in [9.17, 15) is 45.6 Å². The number of nitrogens with one attached hydrogen (secondary N) is 1. The molecule has 2 saturated heterocycles. The molecule has 12 unspecified atom stereocenters. The molecule has 0 radical (unpaired) electrons. The van der Waals surface area contributed by atoms with Crippen LogP contribution < -0.4 is 5.32 Å². The van der Waals surface area contributed by atoms with Crippen molar-refractivity contribution in [3.8, 4) is 0 Å². The maximum atomic E-state index is 13.3. The van der Waals surface area contributed by atoms with Crippen molar-refractivity contribution in [1.29, 1.82) is 0 Å². The van der Waals surface area contributed by atoms with Crippen LogP contribution in [0.1, 0.15) is 296 Å². The van der Waals surface area contributed by atoms with Gasteiger partial charge in [0.2, 0.25) is 5.91 Å². The van der Waals surface area contributed by atoms with Crippen LogP contribution in [-0.4, -0.2) is 140 Å². The van der Waals surface area contributed by atoms with E-state index in [4.69, 9.17) is 18.9 Å². The minimum atomic E-state index is -1.78. The van der Waals surface area contributed by atoms with E-state index in [1.54, 1.807) is 0 Å². The highest BCUT2D eigenvalue weighted by Gasteiger charge is 2.51. The van der Waals surface area contributed by atoms with Crippen LogP contribution in [0.15, 0.2) is 36.5 Å². The third-order valence-corrected chi connectivity index (χ3v) is 16.9. The molecule has 0 aromatic heterocycles. The van der Waals surface area contributed by atoms with E-state index in [2.05, 4.69) is 55.6 Å². The number of aliphatic hydroxyl groups is 8. The van der Waals surface area contributed by atoms with Gasteiger partial charge in [0.15, 0.2) is 12.6 Å². The second-order valence-electron chi connectivity index (χ2n) is 24.3. The number of aliphatic hydroxyl groups excluding tert-OH is 8. The number of rotatable bonds is 56. The molecular weight excluding hydrogens is 1040 g/mol. The zero-order chi connectivity index (χ0) is 59.5. The zero-order valence-corrected chi connectivity index (χ0v) is 52.2. The molecule has 82 heavy (non-hydrogen) atoms. The highest BCUT2D eigenvalue weighted by Crippen LogP contribution is 2.30. The zero-order valence-electron chi connectivity index (χ0n) is 52.2. The van der Waals surface area contributed by atoms with Gasteiger partial charge in [-0.05, 0) is 51.4 Å². The summed E-state index contributed by atoms with van der Waals surface area (Å²) < 4.78 is 22.9. The van der Waals surface area contributed by atoms with Gasteiger partial charge in [-0.25, -0.2) is 0 Å². The predicted octanol–water partition coefficient (Wildman–Crippen LogP) is 13.3. The van der Waals surface area contributed by atoms with Gasteiger partial charge in [-0.2, -0.15) is 0 Å². The lowest BCUT2D eigenvalue weighted by Gasteiger charge is -2.46. The molecule has 2 aliphatic heterocycles. The number of hydrogen-bond acceptors (Lipinski definition) is 13. The highest BCUT2D eigenvalue weighted by atomic mass is 16.7. The number of amides is 1. The lowest BCUT2D eigenvalue weighted by atomic mass is 9.97. The SMILES string of the molecule is CCCCCCC/C=C\C/C=C\C/C=C\CCCCCCCCCCCCCCC(=O)NC(COC1OC(CO)C(OC2OC(CO)C(O)C(O)C2O)C(O)C1O)C(O)CCCCCCCCCCCCCCCCCCCCCCC. The summed E-state index contributed by atoms with van der Waals surface area (Å²) in [5, 5.41) is 87.6. The molecular formula is C68H127NO13. The summed E-state index contributed by atoms with van der Waals surface area (Å²) in [5.41, 5.74) is 0. The van der Waals surface area contributed by atoms with Crippen LogP contribution in [0.25, 0.3) is 0 Å². The van der Waals surface area contributed by atoms with E-state index in [1.165, 1.54) is 205 Å². The van der Waals surface area contributed by atoms with Crippen molar-refractivity contribution in [2.45, 2.75) is 370 Å². The molecule has 14 heteroatoms. The Hall–Kier alpha value is -1.79. The van der Waals surface area contributed by atoms with E-state index >= 15 is 0 Å². The summed E-state index contributed by atoms with van der Waals surface area (Å²) in [6.45, 7) is 2.89. The van der Waals surface area contributed by atoms with Crippen molar-refractivity contribution in [3.05, 3.63) is 36.5 Å². The van der Waals surface area contributed by atoms with Crippen LogP contribution in [0.5, 0.6) is 0 Å². The minimum absolute atomic E-state index is 0.205. The van der Waals surface area contributed by atoms with E-state index < -0.39 is 86.8 Å². The normalized spacial score (nSPS) is 24.1. The number of carbonyl (C=O) groups is 1. The molecule has 2 heterocycles.